The van der Waals surface area contributed by atoms with Crippen LogP contribution in [0.4, 0.5) is 0 Å². The lowest BCUT2D eigenvalue weighted by Crippen LogP contribution is -2.44. The molecular weight excluding hydrogens is 452 g/mol. The van der Waals surface area contributed by atoms with Crippen LogP contribution in [0.5, 0.6) is 0 Å². The maximum absolute atomic E-state index is 10.9. The SMILES string of the molecule is CCCC1OCCC(CC(O)CC2CC(CC3CC(CCO)OC(CCC)O3)OC(CCC)O2)O1. The van der Waals surface area contributed by atoms with Crippen molar-refractivity contribution in [3.63, 3.8) is 0 Å². The summed E-state index contributed by atoms with van der Waals surface area (Å²) < 4.78 is 36.5. The van der Waals surface area contributed by atoms with Crippen molar-refractivity contribution in [2.24, 2.45) is 0 Å². The van der Waals surface area contributed by atoms with Gasteiger partial charge in [-0.3, -0.25) is 0 Å². The highest BCUT2D eigenvalue weighted by molar-refractivity contribution is 4.82. The molecule has 0 aliphatic carbocycles. The molecule has 0 aromatic heterocycles. The minimum Gasteiger partial charge on any atom is -0.396 e. The summed E-state index contributed by atoms with van der Waals surface area (Å²) in [5, 5.41) is 20.3. The van der Waals surface area contributed by atoms with Crippen molar-refractivity contribution in [3.05, 3.63) is 0 Å². The Balaban J connectivity index is 1.52. The van der Waals surface area contributed by atoms with E-state index in [0.29, 0.717) is 25.9 Å². The maximum Gasteiger partial charge on any atom is 0.158 e. The molecular formula is C27H50O8. The first-order chi connectivity index (χ1) is 17.0. The van der Waals surface area contributed by atoms with Gasteiger partial charge in [-0.2, -0.15) is 0 Å². The Morgan fingerprint density at radius 1 is 0.657 bits per heavy atom. The summed E-state index contributed by atoms with van der Waals surface area (Å²) in [7, 11) is 0. The zero-order chi connectivity index (χ0) is 25.0. The Hall–Kier alpha value is -0.320. The third kappa shape index (κ3) is 10.2. The highest BCUT2D eigenvalue weighted by Gasteiger charge is 2.36. The summed E-state index contributed by atoms with van der Waals surface area (Å²) in [4.78, 5) is 0. The molecule has 3 fully saturated rings. The molecule has 0 spiro atoms. The third-order valence-electron chi connectivity index (χ3n) is 7.14. The summed E-state index contributed by atoms with van der Waals surface area (Å²) in [6, 6.07) is 0. The molecule has 0 aromatic rings. The molecule has 0 bridgehead atoms. The molecule has 9 unspecified atom stereocenters. The number of aliphatic hydroxyl groups excluding tert-OH is 2. The quantitative estimate of drug-likeness (QED) is 0.360. The second-order valence-electron chi connectivity index (χ2n) is 10.4. The largest absolute Gasteiger partial charge is 0.396 e. The molecule has 3 rings (SSSR count). The van der Waals surface area contributed by atoms with Crippen molar-refractivity contribution < 1.29 is 38.6 Å². The van der Waals surface area contributed by atoms with Gasteiger partial charge in [-0.25, -0.2) is 0 Å². The van der Waals surface area contributed by atoms with Gasteiger partial charge in [-0.15, -0.1) is 0 Å². The number of hydrogen-bond acceptors (Lipinski definition) is 8. The Morgan fingerprint density at radius 2 is 1.17 bits per heavy atom. The van der Waals surface area contributed by atoms with Crippen molar-refractivity contribution in [2.75, 3.05) is 13.2 Å². The van der Waals surface area contributed by atoms with Crippen LogP contribution in [0.2, 0.25) is 0 Å². The minimum absolute atomic E-state index is 0.0194. The van der Waals surface area contributed by atoms with Crippen molar-refractivity contribution in [3.8, 4) is 0 Å². The van der Waals surface area contributed by atoms with E-state index in [0.717, 1.165) is 64.2 Å². The van der Waals surface area contributed by atoms with Crippen molar-refractivity contribution >= 4 is 0 Å². The van der Waals surface area contributed by atoms with Gasteiger partial charge in [0, 0.05) is 25.9 Å². The highest BCUT2D eigenvalue weighted by atomic mass is 16.7. The van der Waals surface area contributed by atoms with E-state index in [-0.39, 0.29) is 56.0 Å². The molecule has 3 saturated heterocycles. The van der Waals surface area contributed by atoms with E-state index in [9.17, 15) is 10.2 Å². The first-order valence-corrected chi connectivity index (χ1v) is 14.2. The number of rotatable bonds is 14. The van der Waals surface area contributed by atoms with Gasteiger partial charge in [0.2, 0.25) is 0 Å². The van der Waals surface area contributed by atoms with E-state index in [2.05, 4.69) is 20.8 Å². The summed E-state index contributed by atoms with van der Waals surface area (Å²) in [5.74, 6) is 0. The average Bonchev–Trinajstić information content (AvgIpc) is 2.80. The highest BCUT2D eigenvalue weighted by Crippen LogP contribution is 2.32. The second-order valence-corrected chi connectivity index (χ2v) is 10.4. The predicted octanol–water partition coefficient (Wildman–Crippen LogP) is 4.43. The van der Waals surface area contributed by atoms with E-state index in [4.69, 9.17) is 28.4 Å². The Bertz CT molecular complexity index is 547. The van der Waals surface area contributed by atoms with Crippen LogP contribution in [0.3, 0.4) is 0 Å². The molecule has 0 saturated carbocycles. The molecule has 0 aromatic carbocycles. The van der Waals surface area contributed by atoms with Crippen LogP contribution < -0.4 is 0 Å². The lowest BCUT2D eigenvalue weighted by atomic mass is 9.94. The molecule has 3 aliphatic rings. The third-order valence-corrected chi connectivity index (χ3v) is 7.14. The van der Waals surface area contributed by atoms with Crippen LogP contribution in [0.15, 0.2) is 0 Å². The fraction of sp³-hybridized carbons (Fsp3) is 1.00. The van der Waals surface area contributed by atoms with Gasteiger partial charge in [0.25, 0.3) is 0 Å². The van der Waals surface area contributed by atoms with Crippen molar-refractivity contribution in [1.29, 1.82) is 0 Å². The van der Waals surface area contributed by atoms with Gasteiger partial charge in [0.15, 0.2) is 18.9 Å². The fourth-order valence-corrected chi connectivity index (χ4v) is 5.47. The molecule has 3 heterocycles. The normalized spacial score (nSPS) is 37.3. The molecule has 0 radical (unpaired) electrons. The maximum atomic E-state index is 10.9. The average molecular weight is 503 g/mol. The van der Waals surface area contributed by atoms with E-state index >= 15 is 0 Å². The fourth-order valence-electron chi connectivity index (χ4n) is 5.47. The first kappa shape index (κ1) is 29.2. The monoisotopic (exact) mass is 502 g/mol. The first-order valence-electron chi connectivity index (χ1n) is 14.2. The van der Waals surface area contributed by atoms with E-state index < -0.39 is 6.10 Å². The predicted molar refractivity (Wildman–Crippen MR) is 132 cm³/mol. The molecule has 35 heavy (non-hydrogen) atoms. The van der Waals surface area contributed by atoms with Crippen LogP contribution in [0.1, 0.15) is 104 Å². The standard InChI is InChI=1S/C27H50O8/c1-4-7-25-30-13-11-21(31-25)14-19(29)15-22-17-24(35-27(33-22)9-6-3)18-23-16-20(10-12-28)32-26(34-23)8-5-2/h19-29H,4-18H2,1-3H3. The smallest absolute Gasteiger partial charge is 0.158 e. The number of hydrogen-bond donors (Lipinski definition) is 2. The van der Waals surface area contributed by atoms with Crippen LogP contribution in [0.25, 0.3) is 0 Å². The van der Waals surface area contributed by atoms with Gasteiger partial charge in [0.1, 0.15) is 0 Å². The van der Waals surface area contributed by atoms with Gasteiger partial charge in [-0.1, -0.05) is 40.0 Å². The minimum atomic E-state index is -0.478. The zero-order valence-electron chi connectivity index (χ0n) is 22.1. The van der Waals surface area contributed by atoms with Gasteiger partial charge in [-0.05, 0) is 44.9 Å². The van der Waals surface area contributed by atoms with E-state index in [1.165, 1.54) is 0 Å². The molecule has 206 valence electrons. The van der Waals surface area contributed by atoms with Crippen molar-refractivity contribution in [2.45, 2.75) is 160 Å². The summed E-state index contributed by atoms with van der Waals surface area (Å²) in [6.07, 6.45) is 9.51. The Kier molecular flexibility index (Phi) is 13.2. The van der Waals surface area contributed by atoms with Gasteiger partial charge >= 0.3 is 0 Å². The molecule has 9 atom stereocenters. The lowest BCUT2D eigenvalue weighted by Gasteiger charge is -2.41. The Labute approximate surface area is 211 Å². The molecule has 3 aliphatic heterocycles. The summed E-state index contributed by atoms with van der Waals surface area (Å²) in [6.45, 7) is 7.20. The van der Waals surface area contributed by atoms with Crippen LogP contribution in [-0.4, -0.2) is 78.9 Å². The molecule has 0 amide bonds. The van der Waals surface area contributed by atoms with Crippen LogP contribution in [-0.2, 0) is 28.4 Å². The second kappa shape index (κ2) is 15.8. The number of ether oxygens (including phenoxy) is 6. The van der Waals surface area contributed by atoms with E-state index in [1.807, 2.05) is 0 Å². The topological polar surface area (TPSA) is 95.8 Å². The van der Waals surface area contributed by atoms with Gasteiger partial charge < -0.3 is 38.6 Å². The van der Waals surface area contributed by atoms with Crippen LogP contribution >= 0.6 is 0 Å². The lowest BCUT2D eigenvalue weighted by molar-refractivity contribution is -0.276. The van der Waals surface area contributed by atoms with E-state index in [1.54, 1.807) is 0 Å². The molecule has 2 N–H and O–H groups in total. The molecule has 8 heteroatoms. The number of aliphatic hydroxyl groups is 2. The van der Waals surface area contributed by atoms with Gasteiger partial charge in [0.05, 0.1) is 43.2 Å². The Morgan fingerprint density at radius 3 is 1.80 bits per heavy atom. The molecule has 8 nitrogen and oxygen atoms in total. The van der Waals surface area contributed by atoms with Crippen LogP contribution in [0, 0.1) is 0 Å². The van der Waals surface area contributed by atoms with Crippen molar-refractivity contribution in [1.82, 2.24) is 0 Å². The summed E-state index contributed by atoms with van der Waals surface area (Å²) >= 11 is 0. The zero-order valence-corrected chi connectivity index (χ0v) is 22.1. The summed E-state index contributed by atoms with van der Waals surface area (Å²) in [5.41, 5.74) is 0.